The van der Waals surface area contributed by atoms with Crippen LogP contribution in [0.1, 0.15) is 79.1 Å². The van der Waals surface area contributed by atoms with Gasteiger partial charge >= 0.3 is 0 Å². The molecule has 0 aliphatic carbocycles. The summed E-state index contributed by atoms with van der Waals surface area (Å²) in [6, 6.07) is 0. The number of ether oxygens (including phenoxy) is 4. The number of carbonyl (C=O) groups excluding carboxylic acids is 1. The molecule has 0 aromatic rings. The molecule has 30 heavy (non-hydrogen) atoms. The highest BCUT2D eigenvalue weighted by atomic mass is 16.6. The van der Waals surface area contributed by atoms with Crippen molar-refractivity contribution in [1.29, 1.82) is 0 Å². The fourth-order valence-electron chi connectivity index (χ4n) is 3.36. The maximum absolute atomic E-state index is 11.7. The normalized spacial score (nSPS) is 13.3. The lowest BCUT2D eigenvalue weighted by Crippen LogP contribution is -2.29. The number of hydrogen-bond acceptors (Lipinski definition) is 5. The minimum Gasteiger partial charge on any atom is -0.379 e. The van der Waals surface area contributed by atoms with Crippen LogP contribution in [-0.4, -0.2) is 65.3 Å². The Morgan fingerprint density at radius 3 is 1.67 bits per heavy atom. The van der Waals surface area contributed by atoms with Gasteiger partial charge in [0.25, 0.3) is 0 Å². The molecule has 0 heterocycles. The minimum absolute atomic E-state index is 0.0544. The second-order valence-electron chi connectivity index (χ2n) is 8.31. The van der Waals surface area contributed by atoms with Gasteiger partial charge in [0.2, 0.25) is 5.91 Å². The van der Waals surface area contributed by atoms with Crippen LogP contribution in [0.15, 0.2) is 0 Å². The van der Waals surface area contributed by atoms with Crippen molar-refractivity contribution >= 4 is 5.91 Å². The van der Waals surface area contributed by atoms with Crippen LogP contribution in [-0.2, 0) is 23.7 Å². The van der Waals surface area contributed by atoms with Crippen LogP contribution in [0.4, 0.5) is 0 Å². The molecule has 0 saturated heterocycles. The third kappa shape index (κ3) is 22.0. The lowest BCUT2D eigenvalue weighted by Gasteiger charge is -2.10. The zero-order valence-electron chi connectivity index (χ0n) is 20.2. The largest absolute Gasteiger partial charge is 0.379 e. The Balaban J connectivity index is 3.21. The molecular formula is C24H49NO5. The smallest absolute Gasteiger partial charge is 0.245 e. The molecule has 0 spiro atoms. The standard InChI is InChI=1S/C24H49NO5/c1-5-9-22(3)11-7-13-25-24(26)21-30-20-19-29-18-17-28-16-15-27-14-8-12-23(4)10-6-2/h22-23H,5-21H2,1-4H3,(H,25,26). The van der Waals surface area contributed by atoms with Crippen molar-refractivity contribution in [3.63, 3.8) is 0 Å². The first-order valence-electron chi connectivity index (χ1n) is 12.2. The van der Waals surface area contributed by atoms with Crippen LogP contribution in [0.2, 0.25) is 0 Å². The maximum Gasteiger partial charge on any atom is 0.245 e. The molecule has 2 unspecified atom stereocenters. The summed E-state index contributed by atoms with van der Waals surface area (Å²) in [6.07, 6.45) is 9.61. The average molecular weight is 432 g/mol. The SMILES string of the molecule is CCCC(C)CCCNC(=O)COCCOCCOCCOCCCC(C)CCC. The van der Waals surface area contributed by atoms with E-state index < -0.39 is 0 Å². The fraction of sp³-hybridized carbons (Fsp3) is 0.958. The summed E-state index contributed by atoms with van der Waals surface area (Å²) in [4.78, 5) is 11.7. The number of hydrogen-bond donors (Lipinski definition) is 1. The Bertz CT molecular complexity index is 368. The van der Waals surface area contributed by atoms with E-state index in [0.29, 0.717) is 39.6 Å². The molecule has 1 N–H and O–H groups in total. The molecular weight excluding hydrogens is 382 g/mol. The van der Waals surface area contributed by atoms with Gasteiger partial charge in [-0.25, -0.2) is 0 Å². The van der Waals surface area contributed by atoms with Crippen LogP contribution in [0, 0.1) is 11.8 Å². The molecule has 0 aromatic carbocycles. The van der Waals surface area contributed by atoms with Gasteiger partial charge < -0.3 is 24.3 Å². The third-order valence-corrected chi connectivity index (χ3v) is 5.09. The molecule has 0 aliphatic rings. The van der Waals surface area contributed by atoms with E-state index >= 15 is 0 Å². The van der Waals surface area contributed by atoms with Gasteiger partial charge in [0.1, 0.15) is 6.61 Å². The minimum atomic E-state index is -0.0544. The number of amides is 1. The van der Waals surface area contributed by atoms with Gasteiger partial charge in [-0.15, -0.1) is 0 Å². The van der Waals surface area contributed by atoms with Gasteiger partial charge in [0.05, 0.1) is 39.6 Å². The molecule has 2 atom stereocenters. The van der Waals surface area contributed by atoms with Crippen molar-refractivity contribution in [2.24, 2.45) is 11.8 Å². The van der Waals surface area contributed by atoms with Crippen LogP contribution < -0.4 is 5.32 Å². The molecule has 0 rings (SSSR count). The first-order chi connectivity index (χ1) is 14.6. The van der Waals surface area contributed by atoms with Crippen LogP contribution in [0.25, 0.3) is 0 Å². The first-order valence-corrected chi connectivity index (χ1v) is 12.2. The summed E-state index contributed by atoms with van der Waals surface area (Å²) in [5, 5.41) is 2.90. The van der Waals surface area contributed by atoms with E-state index in [1.165, 1.54) is 32.1 Å². The Morgan fingerprint density at radius 2 is 1.13 bits per heavy atom. The zero-order chi connectivity index (χ0) is 22.3. The predicted molar refractivity (Wildman–Crippen MR) is 123 cm³/mol. The van der Waals surface area contributed by atoms with E-state index in [-0.39, 0.29) is 12.5 Å². The molecule has 0 saturated carbocycles. The molecule has 0 bridgehead atoms. The highest BCUT2D eigenvalue weighted by molar-refractivity contribution is 5.77. The van der Waals surface area contributed by atoms with E-state index in [0.717, 1.165) is 44.2 Å². The second kappa shape index (κ2) is 23.0. The highest BCUT2D eigenvalue weighted by Crippen LogP contribution is 2.12. The van der Waals surface area contributed by atoms with E-state index in [1.54, 1.807) is 0 Å². The number of nitrogens with one attached hydrogen (secondary N) is 1. The van der Waals surface area contributed by atoms with Crippen molar-refractivity contribution in [1.82, 2.24) is 5.32 Å². The lowest BCUT2D eigenvalue weighted by atomic mass is 10.0. The van der Waals surface area contributed by atoms with Crippen molar-refractivity contribution < 1.29 is 23.7 Å². The molecule has 1 amide bonds. The predicted octanol–water partition coefficient (Wildman–Crippen LogP) is 4.60. The summed E-state index contributed by atoms with van der Waals surface area (Å²) in [7, 11) is 0. The van der Waals surface area contributed by atoms with Crippen molar-refractivity contribution in [3.8, 4) is 0 Å². The monoisotopic (exact) mass is 431 g/mol. The topological polar surface area (TPSA) is 66.0 Å². The van der Waals surface area contributed by atoms with Crippen LogP contribution in [0.5, 0.6) is 0 Å². The quantitative estimate of drug-likeness (QED) is 0.240. The van der Waals surface area contributed by atoms with Crippen LogP contribution in [0.3, 0.4) is 0 Å². The van der Waals surface area contributed by atoms with Gasteiger partial charge in [-0.3, -0.25) is 4.79 Å². The molecule has 0 radical (unpaired) electrons. The molecule has 0 aliphatic heterocycles. The summed E-state index contributed by atoms with van der Waals surface area (Å²) in [6.45, 7) is 13.9. The van der Waals surface area contributed by atoms with Gasteiger partial charge in [-0.1, -0.05) is 53.4 Å². The van der Waals surface area contributed by atoms with Gasteiger partial charge in [0, 0.05) is 13.2 Å². The highest BCUT2D eigenvalue weighted by Gasteiger charge is 2.03. The molecule has 180 valence electrons. The third-order valence-electron chi connectivity index (χ3n) is 5.09. The second-order valence-corrected chi connectivity index (χ2v) is 8.31. The maximum atomic E-state index is 11.7. The Morgan fingerprint density at radius 1 is 0.667 bits per heavy atom. The first kappa shape index (κ1) is 29.3. The zero-order valence-corrected chi connectivity index (χ0v) is 20.2. The Labute approximate surface area is 185 Å². The van der Waals surface area contributed by atoms with Crippen molar-refractivity contribution in [2.75, 3.05) is 59.4 Å². The van der Waals surface area contributed by atoms with E-state index in [1.807, 2.05) is 0 Å². The van der Waals surface area contributed by atoms with E-state index in [9.17, 15) is 4.79 Å². The summed E-state index contributed by atoms with van der Waals surface area (Å²) in [5.41, 5.74) is 0. The summed E-state index contributed by atoms with van der Waals surface area (Å²) in [5.74, 6) is 1.48. The molecule has 6 heteroatoms. The Kier molecular flexibility index (Phi) is 22.5. The molecule has 0 fully saturated rings. The number of rotatable bonds is 23. The summed E-state index contributed by atoms with van der Waals surface area (Å²) >= 11 is 0. The van der Waals surface area contributed by atoms with E-state index in [2.05, 4.69) is 33.0 Å². The van der Waals surface area contributed by atoms with Crippen LogP contribution >= 0.6 is 0 Å². The average Bonchev–Trinajstić information content (AvgIpc) is 2.72. The van der Waals surface area contributed by atoms with Gasteiger partial charge in [-0.2, -0.15) is 0 Å². The summed E-state index contributed by atoms with van der Waals surface area (Å²) < 4.78 is 21.8. The van der Waals surface area contributed by atoms with E-state index in [4.69, 9.17) is 18.9 Å². The van der Waals surface area contributed by atoms with Gasteiger partial charge in [0.15, 0.2) is 0 Å². The molecule has 6 nitrogen and oxygen atoms in total. The van der Waals surface area contributed by atoms with Crippen molar-refractivity contribution in [3.05, 3.63) is 0 Å². The molecule has 0 aromatic heterocycles. The lowest BCUT2D eigenvalue weighted by molar-refractivity contribution is -0.126. The van der Waals surface area contributed by atoms with Crippen molar-refractivity contribution in [2.45, 2.75) is 79.1 Å². The van der Waals surface area contributed by atoms with Gasteiger partial charge in [-0.05, 0) is 37.5 Å². The Hall–Kier alpha value is -0.690. The fourth-order valence-corrected chi connectivity index (χ4v) is 3.36. The number of carbonyl (C=O) groups is 1.